The van der Waals surface area contributed by atoms with Crippen molar-refractivity contribution in [3.63, 3.8) is 0 Å². The average Bonchev–Trinajstić information content (AvgIpc) is 2.59. The highest BCUT2D eigenvalue weighted by Gasteiger charge is 2.30. The predicted octanol–water partition coefficient (Wildman–Crippen LogP) is 4.40. The van der Waals surface area contributed by atoms with Crippen molar-refractivity contribution in [1.82, 2.24) is 0 Å². The summed E-state index contributed by atoms with van der Waals surface area (Å²) in [4.78, 5) is 0. The summed E-state index contributed by atoms with van der Waals surface area (Å²) in [6, 6.07) is 14.3. The van der Waals surface area contributed by atoms with Crippen LogP contribution in [0.1, 0.15) is 29.0 Å². The Morgan fingerprint density at radius 2 is 1.60 bits per heavy atom. The third-order valence-electron chi connectivity index (χ3n) is 4.00. The molecule has 0 bridgehead atoms. The summed E-state index contributed by atoms with van der Waals surface area (Å²) < 4.78 is 65.6. The van der Waals surface area contributed by atoms with Gasteiger partial charge in [-0.3, -0.25) is 4.18 Å². The maximum atomic E-state index is 12.7. The minimum Gasteiger partial charge on any atom is -0.273 e. The van der Waals surface area contributed by atoms with Crippen molar-refractivity contribution in [2.75, 3.05) is 12.9 Å². The van der Waals surface area contributed by atoms with Crippen molar-refractivity contribution >= 4 is 10.1 Å². The fraction of sp³-hybridized carbons (Fsp3) is 0.333. The Morgan fingerprint density at radius 3 is 2.12 bits per heavy atom. The highest BCUT2D eigenvalue weighted by atomic mass is 32.2. The van der Waals surface area contributed by atoms with Gasteiger partial charge in [0, 0.05) is 0 Å². The zero-order valence-corrected chi connectivity index (χ0v) is 14.5. The molecule has 0 spiro atoms. The van der Waals surface area contributed by atoms with Crippen LogP contribution in [-0.2, 0) is 26.9 Å². The van der Waals surface area contributed by atoms with Gasteiger partial charge in [0.2, 0.25) is 0 Å². The highest BCUT2D eigenvalue weighted by Crippen LogP contribution is 2.30. The molecule has 7 heteroatoms. The van der Waals surface area contributed by atoms with Gasteiger partial charge in [0.15, 0.2) is 0 Å². The standard InChI is InChI=1S/C18H19F3O3S/c1-24-25(22,23)12-11-16(15-5-3-2-4-6-15)13-14-7-9-17(10-8-14)18(19,20)21/h2-10,16H,11-13H2,1H3. The summed E-state index contributed by atoms with van der Waals surface area (Å²) in [5, 5.41) is 0. The normalized spacial score (nSPS) is 13.6. The molecule has 0 aliphatic carbocycles. The molecule has 0 aliphatic heterocycles. The van der Waals surface area contributed by atoms with Crippen molar-refractivity contribution in [1.29, 1.82) is 0 Å². The quantitative estimate of drug-likeness (QED) is 0.677. The first-order chi connectivity index (χ1) is 11.7. The summed E-state index contributed by atoms with van der Waals surface area (Å²) >= 11 is 0. The lowest BCUT2D eigenvalue weighted by Crippen LogP contribution is -2.13. The zero-order chi connectivity index (χ0) is 18.5. The van der Waals surface area contributed by atoms with Gasteiger partial charge < -0.3 is 0 Å². The number of rotatable bonds is 7. The first-order valence-corrected chi connectivity index (χ1v) is 9.28. The molecule has 0 aliphatic rings. The second-order valence-corrected chi connectivity index (χ2v) is 7.58. The van der Waals surface area contributed by atoms with Crippen LogP contribution in [-0.4, -0.2) is 21.3 Å². The smallest absolute Gasteiger partial charge is 0.273 e. The van der Waals surface area contributed by atoms with E-state index in [-0.39, 0.29) is 11.7 Å². The topological polar surface area (TPSA) is 43.4 Å². The van der Waals surface area contributed by atoms with Crippen molar-refractivity contribution in [2.45, 2.75) is 24.9 Å². The van der Waals surface area contributed by atoms with Gasteiger partial charge in [-0.2, -0.15) is 21.6 Å². The maximum Gasteiger partial charge on any atom is 0.416 e. The molecule has 25 heavy (non-hydrogen) atoms. The van der Waals surface area contributed by atoms with Crippen LogP contribution < -0.4 is 0 Å². The SMILES string of the molecule is COS(=O)(=O)CCC(Cc1ccc(C(F)(F)F)cc1)c1ccccc1. The lowest BCUT2D eigenvalue weighted by Gasteiger charge is -2.18. The molecule has 2 aromatic rings. The molecule has 1 atom stereocenters. The molecule has 3 nitrogen and oxygen atoms in total. The Hall–Kier alpha value is -1.86. The summed E-state index contributed by atoms with van der Waals surface area (Å²) in [5.41, 5.74) is 0.958. The van der Waals surface area contributed by atoms with Gasteiger partial charge in [0.1, 0.15) is 0 Å². The molecule has 2 rings (SSSR count). The van der Waals surface area contributed by atoms with Gasteiger partial charge in [-0.25, -0.2) is 0 Å². The Bertz CT molecular complexity index is 769. The zero-order valence-electron chi connectivity index (χ0n) is 13.7. The number of halogens is 3. The minimum absolute atomic E-state index is 0.136. The third-order valence-corrected chi connectivity index (χ3v) is 5.25. The number of hydrogen-bond donors (Lipinski definition) is 0. The van der Waals surface area contributed by atoms with E-state index in [0.29, 0.717) is 12.8 Å². The summed E-state index contributed by atoms with van der Waals surface area (Å²) in [7, 11) is -2.48. The van der Waals surface area contributed by atoms with Gasteiger partial charge in [-0.05, 0) is 42.0 Å². The molecule has 0 amide bonds. The largest absolute Gasteiger partial charge is 0.416 e. The van der Waals surface area contributed by atoms with E-state index in [1.54, 1.807) is 0 Å². The predicted molar refractivity (Wildman–Crippen MR) is 89.7 cm³/mol. The van der Waals surface area contributed by atoms with Crippen LogP contribution >= 0.6 is 0 Å². The Labute approximate surface area is 145 Å². The first-order valence-electron chi connectivity index (χ1n) is 7.70. The number of benzene rings is 2. The summed E-state index contributed by atoms with van der Waals surface area (Å²) in [6.07, 6.45) is -3.60. The summed E-state index contributed by atoms with van der Waals surface area (Å²) in [5.74, 6) is -0.285. The molecule has 0 N–H and O–H groups in total. The van der Waals surface area contributed by atoms with Gasteiger partial charge >= 0.3 is 6.18 Å². The van der Waals surface area contributed by atoms with Gasteiger partial charge in [-0.1, -0.05) is 42.5 Å². The van der Waals surface area contributed by atoms with E-state index in [0.717, 1.165) is 30.4 Å². The monoisotopic (exact) mass is 372 g/mol. The highest BCUT2D eigenvalue weighted by molar-refractivity contribution is 7.86. The fourth-order valence-electron chi connectivity index (χ4n) is 2.60. The molecule has 0 fully saturated rings. The van der Waals surface area contributed by atoms with Crippen molar-refractivity contribution < 1.29 is 25.8 Å². The number of alkyl halides is 3. The minimum atomic E-state index is -4.37. The summed E-state index contributed by atoms with van der Waals surface area (Å²) in [6.45, 7) is 0. The molecule has 2 aromatic carbocycles. The molecule has 0 aromatic heterocycles. The van der Waals surface area contributed by atoms with Crippen molar-refractivity contribution in [3.05, 3.63) is 71.3 Å². The van der Waals surface area contributed by atoms with E-state index in [1.165, 1.54) is 12.1 Å². The van der Waals surface area contributed by atoms with Crippen LogP contribution in [0, 0.1) is 0 Å². The van der Waals surface area contributed by atoms with E-state index in [2.05, 4.69) is 4.18 Å². The number of hydrogen-bond acceptors (Lipinski definition) is 3. The van der Waals surface area contributed by atoms with Gasteiger partial charge in [-0.15, -0.1) is 0 Å². The van der Waals surface area contributed by atoms with E-state index in [1.807, 2.05) is 30.3 Å². The van der Waals surface area contributed by atoms with Gasteiger partial charge in [0.25, 0.3) is 10.1 Å². The van der Waals surface area contributed by atoms with E-state index >= 15 is 0 Å². The molecule has 136 valence electrons. The van der Waals surface area contributed by atoms with Crippen molar-refractivity contribution in [3.8, 4) is 0 Å². The fourth-order valence-corrected chi connectivity index (χ4v) is 3.34. The van der Waals surface area contributed by atoms with Crippen LogP contribution in [0.25, 0.3) is 0 Å². The third kappa shape index (κ3) is 5.86. The molecule has 0 saturated heterocycles. The van der Waals surface area contributed by atoms with E-state index in [4.69, 9.17) is 0 Å². The average molecular weight is 372 g/mol. The molecular weight excluding hydrogens is 353 g/mol. The van der Waals surface area contributed by atoms with E-state index < -0.39 is 21.9 Å². The Morgan fingerprint density at radius 1 is 1.00 bits per heavy atom. The lowest BCUT2D eigenvalue weighted by atomic mass is 9.89. The molecule has 1 unspecified atom stereocenters. The Balaban J connectivity index is 2.18. The van der Waals surface area contributed by atoms with Crippen LogP contribution in [0.5, 0.6) is 0 Å². The molecule has 0 heterocycles. The molecule has 0 saturated carbocycles. The van der Waals surface area contributed by atoms with Crippen LogP contribution in [0.2, 0.25) is 0 Å². The Kier molecular flexibility index (Phi) is 6.24. The second kappa shape index (κ2) is 8.01. The van der Waals surface area contributed by atoms with Crippen LogP contribution in [0.4, 0.5) is 13.2 Å². The molecule has 0 radical (unpaired) electrons. The second-order valence-electron chi connectivity index (χ2n) is 5.72. The first kappa shape index (κ1) is 19.5. The van der Waals surface area contributed by atoms with Crippen LogP contribution in [0.15, 0.2) is 54.6 Å². The lowest BCUT2D eigenvalue weighted by molar-refractivity contribution is -0.137. The van der Waals surface area contributed by atoms with Crippen molar-refractivity contribution in [2.24, 2.45) is 0 Å². The maximum absolute atomic E-state index is 12.7. The van der Waals surface area contributed by atoms with E-state index in [9.17, 15) is 21.6 Å². The molecular formula is C18H19F3O3S. The van der Waals surface area contributed by atoms with Crippen LogP contribution in [0.3, 0.4) is 0 Å². The van der Waals surface area contributed by atoms with Gasteiger partial charge in [0.05, 0.1) is 18.4 Å².